The number of likely N-dealkylation sites (tertiary alicyclic amines) is 1. The van der Waals surface area contributed by atoms with Gasteiger partial charge in [-0.1, -0.05) is 37.8 Å². The molecule has 2 aromatic heterocycles. The largest absolute Gasteiger partial charge is 0.321 e. The smallest absolute Gasteiger partial charge is 0.253 e. The Bertz CT molecular complexity index is 1160. The molecule has 2 aliphatic rings. The molecule has 0 unspecified atom stereocenters. The molecule has 32 heavy (non-hydrogen) atoms. The van der Waals surface area contributed by atoms with Crippen LogP contribution in [0.15, 0.2) is 23.0 Å². The van der Waals surface area contributed by atoms with Crippen LogP contribution in [0.3, 0.4) is 0 Å². The fourth-order valence-electron chi connectivity index (χ4n) is 5.83. The third kappa shape index (κ3) is 3.98. The molecular formula is C25H34N6O. The summed E-state index contributed by atoms with van der Waals surface area (Å²) in [7, 11) is 0. The van der Waals surface area contributed by atoms with E-state index in [1.54, 1.807) is 0 Å². The Morgan fingerprint density at radius 3 is 2.66 bits per heavy atom. The highest BCUT2D eigenvalue weighted by Crippen LogP contribution is 2.35. The van der Waals surface area contributed by atoms with E-state index in [0.717, 1.165) is 60.2 Å². The van der Waals surface area contributed by atoms with E-state index in [0.29, 0.717) is 12.0 Å². The molecule has 0 radical (unpaired) electrons. The van der Waals surface area contributed by atoms with Crippen LogP contribution in [0.5, 0.6) is 0 Å². The van der Waals surface area contributed by atoms with Gasteiger partial charge in [0, 0.05) is 12.1 Å². The number of tetrazole rings is 1. The fraction of sp³-hybridized carbons (Fsp3) is 0.600. The summed E-state index contributed by atoms with van der Waals surface area (Å²) >= 11 is 0. The number of nitrogens with zero attached hydrogens (tertiary/aromatic N) is 5. The van der Waals surface area contributed by atoms with Gasteiger partial charge in [0.2, 0.25) is 0 Å². The molecule has 1 N–H and O–H groups in total. The van der Waals surface area contributed by atoms with Gasteiger partial charge in [0.1, 0.15) is 6.04 Å². The lowest BCUT2D eigenvalue weighted by Gasteiger charge is -2.37. The summed E-state index contributed by atoms with van der Waals surface area (Å²) in [6, 6.07) is 6.44. The number of piperidine rings is 1. The van der Waals surface area contributed by atoms with Crippen molar-refractivity contribution in [3.05, 3.63) is 51.1 Å². The van der Waals surface area contributed by atoms with Crippen molar-refractivity contribution in [2.24, 2.45) is 5.92 Å². The summed E-state index contributed by atoms with van der Waals surface area (Å²) in [5, 5.41) is 14.1. The second-order valence-electron chi connectivity index (χ2n) is 10.0. The number of hydrogen-bond acceptors (Lipinski definition) is 5. The Labute approximate surface area is 189 Å². The summed E-state index contributed by atoms with van der Waals surface area (Å²) in [6.45, 7) is 8.36. The van der Waals surface area contributed by atoms with Gasteiger partial charge in [0.25, 0.3) is 5.56 Å². The topological polar surface area (TPSA) is 79.7 Å². The van der Waals surface area contributed by atoms with E-state index in [2.05, 4.69) is 64.4 Å². The molecule has 1 saturated heterocycles. The van der Waals surface area contributed by atoms with E-state index >= 15 is 0 Å². The van der Waals surface area contributed by atoms with Gasteiger partial charge in [-0.2, -0.15) is 0 Å². The lowest BCUT2D eigenvalue weighted by molar-refractivity contribution is 0.138. The average molecular weight is 435 g/mol. The highest BCUT2D eigenvalue weighted by atomic mass is 16.1. The van der Waals surface area contributed by atoms with Gasteiger partial charge in [0.05, 0.1) is 11.6 Å². The lowest BCUT2D eigenvalue weighted by Crippen LogP contribution is -2.41. The predicted octanol–water partition coefficient (Wildman–Crippen LogP) is 4.46. The van der Waals surface area contributed by atoms with Crippen molar-refractivity contribution in [1.82, 2.24) is 30.1 Å². The molecule has 2 atom stereocenters. The Hall–Kier alpha value is -2.54. The van der Waals surface area contributed by atoms with Crippen molar-refractivity contribution in [2.75, 3.05) is 13.1 Å². The van der Waals surface area contributed by atoms with Crippen LogP contribution in [0.25, 0.3) is 10.9 Å². The summed E-state index contributed by atoms with van der Waals surface area (Å²) in [5.41, 5.74) is 3.93. The zero-order valence-electron chi connectivity index (χ0n) is 19.5. The van der Waals surface area contributed by atoms with E-state index in [1.165, 1.54) is 31.2 Å². The lowest BCUT2D eigenvalue weighted by atomic mass is 9.93. The first-order valence-corrected chi connectivity index (χ1v) is 12.2. The normalized spacial score (nSPS) is 21.8. The molecule has 1 aromatic carbocycles. The van der Waals surface area contributed by atoms with Crippen LogP contribution in [0.1, 0.15) is 86.5 Å². The van der Waals surface area contributed by atoms with Gasteiger partial charge in [-0.15, -0.1) is 5.10 Å². The molecule has 0 spiro atoms. The van der Waals surface area contributed by atoms with Crippen LogP contribution in [0, 0.1) is 19.8 Å². The zero-order valence-corrected chi connectivity index (χ0v) is 19.5. The number of pyridine rings is 1. The number of fused-ring (bicyclic) bond motifs is 1. The number of aromatic amines is 1. The molecule has 7 heteroatoms. The van der Waals surface area contributed by atoms with Gasteiger partial charge in [-0.05, 0) is 85.5 Å². The second-order valence-corrected chi connectivity index (χ2v) is 10.0. The number of aromatic nitrogens is 5. The van der Waals surface area contributed by atoms with Crippen LogP contribution in [-0.4, -0.2) is 43.2 Å². The molecule has 1 saturated carbocycles. The minimum atomic E-state index is -0.233. The van der Waals surface area contributed by atoms with Gasteiger partial charge >= 0.3 is 0 Å². The van der Waals surface area contributed by atoms with Crippen molar-refractivity contribution in [3.8, 4) is 0 Å². The third-order valence-corrected chi connectivity index (χ3v) is 7.35. The van der Waals surface area contributed by atoms with Crippen molar-refractivity contribution < 1.29 is 0 Å². The molecule has 1 aliphatic carbocycles. The van der Waals surface area contributed by atoms with Crippen molar-refractivity contribution in [2.45, 2.75) is 77.8 Å². The summed E-state index contributed by atoms with van der Waals surface area (Å²) in [6.07, 6.45) is 8.27. The highest BCUT2D eigenvalue weighted by Gasteiger charge is 2.34. The summed E-state index contributed by atoms with van der Waals surface area (Å²) in [5.74, 6) is 1.41. The fourth-order valence-corrected chi connectivity index (χ4v) is 5.83. The number of H-pyrrole nitrogens is 1. The van der Waals surface area contributed by atoms with Crippen LogP contribution < -0.4 is 5.56 Å². The first kappa shape index (κ1) is 21.3. The van der Waals surface area contributed by atoms with E-state index in [-0.39, 0.29) is 11.6 Å². The number of rotatable bonds is 4. The van der Waals surface area contributed by atoms with Crippen molar-refractivity contribution >= 4 is 10.9 Å². The molecule has 5 rings (SSSR count). The quantitative estimate of drug-likeness (QED) is 0.656. The molecule has 1 aliphatic heterocycles. The predicted molar refractivity (Wildman–Crippen MR) is 126 cm³/mol. The summed E-state index contributed by atoms with van der Waals surface area (Å²) in [4.78, 5) is 19.1. The van der Waals surface area contributed by atoms with Crippen molar-refractivity contribution in [3.63, 3.8) is 0 Å². The molecule has 2 fully saturated rings. The van der Waals surface area contributed by atoms with E-state index in [9.17, 15) is 4.79 Å². The van der Waals surface area contributed by atoms with E-state index in [1.807, 2.05) is 4.68 Å². The second kappa shape index (κ2) is 8.77. The van der Waals surface area contributed by atoms with Crippen LogP contribution >= 0.6 is 0 Å². The minimum Gasteiger partial charge on any atom is -0.321 e. The molecule has 7 nitrogen and oxygen atoms in total. The Kier molecular flexibility index (Phi) is 5.84. The average Bonchev–Trinajstić information content (AvgIpc) is 3.25. The maximum atomic E-state index is 13.5. The molecule has 0 amide bonds. The van der Waals surface area contributed by atoms with Crippen molar-refractivity contribution in [1.29, 1.82) is 0 Å². The SMILES string of the molecule is Cc1cc(C)c2[nH]c(=O)c([C@@H](c3nnnn3C3CCCCC3)N3CCC[C@H](C)C3)cc2c1. The summed E-state index contributed by atoms with van der Waals surface area (Å²) < 4.78 is 2.04. The maximum Gasteiger partial charge on any atom is 0.253 e. The van der Waals surface area contributed by atoms with Gasteiger partial charge in [-0.25, -0.2) is 4.68 Å². The zero-order chi connectivity index (χ0) is 22.2. The Morgan fingerprint density at radius 1 is 1.06 bits per heavy atom. The highest BCUT2D eigenvalue weighted by molar-refractivity contribution is 5.83. The molecular weight excluding hydrogens is 400 g/mol. The van der Waals surface area contributed by atoms with Gasteiger partial charge in [0.15, 0.2) is 5.82 Å². The van der Waals surface area contributed by atoms with Gasteiger partial charge in [-0.3, -0.25) is 9.69 Å². The molecule has 170 valence electrons. The van der Waals surface area contributed by atoms with E-state index < -0.39 is 0 Å². The van der Waals surface area contributed by atoms with Crippen LogP contribution in [-0.2, 0) is 0 Å². The Morgan fingerprint density at radius 2 is 1.88 bits per heavy atom. The number of nitrogens with one attached hydrogen (secondary N) is 1. The molecule has 3 heterocycles. The maximum absolute atomic E-state index is 13.5. The first-order chi connectivity index (χ1) is 15.5. The van der Waals surface area contributed by atoms with Crippen LogP contribution in [0.2, 0.25) is 0 Å². The third-order valence-electron chi connectivity index (χ3n) is 7.35. The Balaban J connectivity index is 1.66. The molecule has 3 aromatic rings. The first-order valence-electron chi connectivity index (χ1n) is 12.2. The number of hydrogen-bond donors (Lipinski definition) is 1. The molecule has 0 bridgehead atoms. The van der Waals surface area contributed by atoms with Gasteiger partial charge < -0.3 is 4.98 Å². The number of benzene rings is 1. The van der Waals surface area contributed by atoms with Crippen LogP contribution in [0.4, 0.5) is 0 Å². The monoisotopic (exact) mass is 434 g/mol. The standard InChI is InChI=1S/C25H34N6O/c1-16-8-7-11-30(15-16)23(24-27-28-29-31(24)20-9-5-4-6-10-20)21-14-19-13-17(2)12-18(3)22(19)26-25(21)32/h12-14,16,20,23H,4-11,15H2,1-3H3,(H,26,32)/t16-,23-/m0/s1. The minimum absolute atomic E-state index is 0.0362. The van der Waals surface area contributed by atoms with E-state index in [4.69, 9.17) is 0 Å². The number of aryl methyl sites for hydroxylation is 2.